The lowest BCUT2D eigenvalue weighted by Crippen LogP contribution is -2.31. The van der Waals surface area contributed by atoms with Crippen molar-refractivity contribution in [2.75, 3.05) is 63.9 Å². The quantitative estimate of drug-likeness (QED) is 0.134. The number of nitrogens with two attached hydrogens (primary N) is 1. The van der Waals surface area contributed by atoms with Crippen LogP contribution in [0, 0.1) is 0 Å². The summed E-state index contributed by atoms with van der Waals surface area (Å²) in [5.74, 6) is 0.862. The zero-order chi connectivity index (χ0) is 21.6. The lowest BCUT2D eigenvalue weighted by molar-refractivity contribution is -0.121. The summed E-state index contributed by atoms with van der Waals surface area (Å²) < 4.78 is 0. The Morgan fingerprint density at radius 1 is 0.733 bits per heavy atom. The minimum absolute atomic E-state index is 0. The van der Waals surface area contributed by atoms with E-state index in [1.165, 1.54) is 18.7 Å². The molecule has 0 aromatic heterocycles. The summed E-state index contributed by atoms with van der Waals surface area (Å²) in [6, 6.07) is 0. The molecule has 0 bridgehead atoms. The van der Waals surface area contributed by atoms with Gasteiger partial charge in [0, 0.05) is 38.7 Å². The van der Waals surface area contributed by atoms with E-state index in [2.05, 4.69) is 26.6 Å². The molecule has 0 heterocycles. The molecule has 9 nitrogen and oxygen atoms in total. The minimum atomic E-state index is -0.141. The molecule has 0 aliphatic heterocycles. The molecule has 0 radical (unpaired) electrons. The summed E-state index contributed by atoms with van der Waals surface area (Å²) in [6.45, 7) is 7.63. The smallest absolute Gasteiger partial charge is 0.229 e. The van der Waals surface area contributed by atoms with Gasteiger partial charge in [0.25, 0.3) is 0 Å². The molecule has 0 aliphatic rings. The first kappa shape index (κ1) is 31.1. The maximum absolute atomic E-state index is 11.7. The number of carbonyl (C=O) groups excluding carboxylic acids is 3. The Balaban J connectivity index is 0. The van der Waals surface area contributed by atoms with Gasteiger partial charge in [-0.25, -0.2) is 0 Å². The van der Waals surface area contributed by atoms with Gasteiger partial charge < -0.3 is 32.3 Å². The van der Waals surface area contributed by atoms with Crippen molar-refractivity contribution >= 4 is 41.9 Å². The second-order valence-corrected chi connectivity index (χ2v) is 7.79. The molecule has 0 rings (SSSR count). The highest BCUT2D eigenvalue weighted by atomic mass is 35.5. The van der Waals surface area contributed by atoms with Crippen molar-refractivity contribution in [3.63, 3.8) is 0 Å². The number of halogens is 1. The fraction of sp³-hybridized carbons (Fsp3) is 0.842. The molecule has 0 aromatic carbocycles. The standard InChI is InChI=1S/C19H40N6O3S.ClH/c1-17(26)23-13-6-18(27)25-14-15-29-16-19(28)24-12-5-11-22-9-3-2-8-21-10-4-7-20;/h21-22H,2-16,20H2,1H3,(H,23,26)(H,24,28)(H,25,27);1H. The van der Waals surface area contributed by atoms with Gasteiger partial charge in [-0.15, -0.1) is 12.4 Å². The first-order valence-electron chi connectivity index (χ1n) is 10.5. The van der Waals surface area contributed by atoms with Gasteiger partial charge in [-0.05, 0) is 58.4 Å². The second kappa shape index (κ2) is 24.2. The average Bonchev–Trinajstić information content (AvgIpc) is 2.68. The van der Waals surface area contributed by atoms with Gasteiger partial charge in [0.05, 0.1) is 5.75 Å². The van der Waals surface area contributed by atoms with Crippen LogP contribution < -0.4 is 32.3 Å². The molecule has 0 unspecified atom stereocenters. The summed E-state index contributed by atoms with van der Waals surface area (Å²) in [6.07, 6.45) is 4.50. The molecule has 0 aromatic rings. The molecule has 0 spiro atoms. The van der Waals surface area contributed by atoms with Gasteiger partial charge in [0.1, 0.15) is 0 Å². The Kier molecular flexibility index (Phi) is 25.1. The molecule has 3 amide bonds. The van der Waals surface area contributed by atoms with E-state index < -0.39 is 0 Å². The van der Waals surface area contributed by atoms with Gasteiger partial charge in [0.2, 0.25) is 17.7 Å². The van der Waals surface area contributed by atoms with Crippen LogP contribution in [-0.2, 0) is 14.4 Å². The molecule has 7 N–H and O–H groups in total. The monoisotopic (exact) mass is 468 g/mol. The molecule has 178 valence electrons. The normalized spacial score (nSPS) is 10.2. The third-order valence-corrected chi connectivity index (χ3v) is 4.85. The number of rotatable bonds is 20. The number of unbranched alkanes of at least 4 members (excludes halogenated alkanes) is 1. The molecule has 11 heteroatoms. The fourth-order valence-electron chi connectivity index (χ4n) is 2.34. The van der Waals surface area contributed by atoms with Crippen LogP contribution in [0.5, 0.6) is 0 Å². The first-order valence-corrected chi connectivity index (χ1v) is 11.7. The van der Waals surface area contributed by atoms with Crippen molar-refractivity contribution in [1.29, 1.82) is 0 Å². The Hall–Kier alpha value is -1.07. The van der Waals surface area contributed by atoms with Crippen LogP contribution >= 0.6 is 24.2 Å². The van der Waals surface area contributed by atoms with Gasteiger partial charge in [-0.3, -0.25) is 14.4 Å². The van der Waals surface area contributed by atoms with Gasteiger partial charge in [0.15, 0.2) is 0 Å². The molecule has 30 heavy (non-hydrogen) atoms. The first-order chi connectivity index (χ1) is 14.1. The average molecular weight is 469 g/mol. The molecule has 0 saturated heterocycles. The highest BCUT2D eigenvalue weighted by molar-refractivity contribution is 7.99. The van der Waals surface area contributed by atoms with E-state index in [0.717, 1.165) is 58.4 Å². The van der Waals surface area contributed by atoms with E-state index in [-0.39, 0.29) is 36.5 Å². The summed E-state index contributed by atoms with van der Waals surface area (Å²) in [5, 5.41) is 15.0. The van der Waals surface area contributed by atoms with Gasteiger partial charge in [-0.2, -0.15) is 11.8 Å². The zero-order valence-corrected chi connectivity index (χ0v) is 19.9. The number of thioether (sulfide) groups is 1. The van der Waals surface area contributed by atoms with Crippen molar-refractivity contribution in [1.82, 2.24) is 26.6 Å². The lowest BCUT2D eigenvalue weighted by atomic mass is 10.3. The maximum Gasteiger partial charge on any atom is 0.229 e. The molecule has 0 fully saturated rings. The minimum Gasteiger partial charge on any atom is -0.356 e. The van der Waals surface area contributed by atoms with E-state index >= 15 is 0 Å². The predicted octanol–water partition coefficient (Wildman–Crippen LogP) is -0.402. The van der Waals surface area contributed by atoms with Crippen LogP contribution in [0.25, 0.3) is 0 Å². The Morgan fingerprint density at radius 3 is 1.97 bits per heavy atom. The summed E-state index contributed by atoms with van der Waals surface area (Å²) in [4.78, 5) is 33.9. The third kappa shape index (κ3) is 25.0. The van der Waals surface area contributed by atoms with Crippen molar-refractivity contribution in [2.45, 2.75) is 39.0 Å². The lowest BCUT2D eigenvalue weighted by Gasteiger charge is -2.08. The Bertz CT molecular complexity index is 446. The van der Waals surface area contributed by atoms with Crippen LogP contribution in [-0.4, -0.2) is 81.6 Å². The van der Waals surface area contributed by atoms with Crippen LogP contribution in [0.1, 0.15) is 39.0 Å². The van der Waals surface area contributed by atoms with Gasteiger partial charge in [-0.1, -0.05) is 0 Å². The topological polar surface area (TPSA) is 137 Å². The summed E-state index contributed by atoms with van der Waals surface area (Å²) in [5.41, 5.74) is 5.43. The fourth-order valence-corrected chi connectivity index (χ4v) is 3.02. The molecular weight excluding hydrogens is 428 g/mol. The number of hydrogen-bond donors (Lipinski definition) is 6. The molecule has 0 atom stereocenters. The number of hydrogen-bond acceptors (Lipinski definition) is 7. The highest BCUT2D eigenvalue weighted by Crippen LogP contribution is 1.97. The van der Waals surface area contributed by atoms with Crippen molar-refractivity contribution in [3.05, 3.63) is 0 Å². The number of carbonyl (C=O) groups is 3. The van der Waals surface area contributed by atoms with E-state index in [9.17, 15) is 14.4 Å². The van der Waals surface area contributed by atoms with E-state index in [4.69, 9.17) is 5.73 Å². The number of nitrogens with one attached hydrogen (secondary N) is 5. The Morgan fingerprint density at radius 2 is 1.33 bits per heavy atom. The van der Waals surface area contributed by atoms with Crippen LogP contribution in [0.4, 0.5) is 0 Å². The van der Waals surface area contributed by atoms with Crippen LogP contribution in [0.2, 0.25) is 0 Å². The maximum atomic E-state index is 11.7. The molecule has 0 aliphatic carbocycles. The molecule has 0 saturated carbocycles. The van der Waals surface area contributed by atoms with Crippen molar-refractivity contribution in [3.8, 4) is 0 Å². The zero-order valence-electron chi connectivity index (χ0n) is 18.2. The van der Waals surface area contributed by atoms with Crippen LogP contribution in [0.15, 0.2) is 0 Å². The van der Waals surface area contributed by atoms with E-state index in [1.807, 2.05) is 0 Å². The second-order valence-electron chi connectivity index (χ2n) is 6.69. The summed E-state index contributed by atoms with van der Waals surface area (Å²) in [7, 11) is 0. The van der Waals surface area contributed by atoms with Crippen molar-refractivity contribution in [2.24, 2.45) is 5.73 Å². The van der Waals surface area contributed by atoms with Crippen LogP contribution in [0.3, 0.4) is 0 Å². The van der Waals surface area contributed by atoms with E-state index in [1.54, 1.807) is 0 Å². The predicted molar refractivity (Wildman–Crippen MR) is 127 cm³/mol. The van der Waals surface area contributed by atoms with E-state index in [0.29, 0.717) is 31.1 Å². The SMILES string of the molecule is CC(=O)NCCC(=O)NCCSCC(=O)NCCCNCCCCNCCCN.Cl. The highest BCUT2D eigenvalue weighted by Gasteiger charge is 2.03. The van der Waals surface area contributed by atoms with Gasteiger partial charge >= 0.3 is 0 Å². The Labute approximate surface area is 191 Å². The largest absolute Gasteiger partial charge is 0.356 e. The molecular formula is C19H41ClN6O3S. The number of amides is 3. The third-order valence-electron chi connectivity index (χ3n) is 3.90. The summed E-state index contributed by atoms with van der Waals surface area (Å²) >= 11 is 1.49. The van der Waals surface area contributed by atoms with Crippen molar-refractivity contribution < 1.29 is 14.4 Å².